The first kappa shape index (κ1) is 33.6. The third-order valence-electron chi connectivity index (χ3n) is 2.34. The van der Waals surface area contributed by atoms with Crippen molar-refractivity contribution in [1.29, 1.82) is 0 Å². The Hall–Kier alpha value is -0.0197. The molecule has 0 fully saturated rings. The van der Waals surface area contributed by atoms with Crippen molar-refractivity contribution in [3.8, 4) is 0 Å². The van der Waals surface area contributed by atoms with Gasteiger partial charge in [-0.1, -0.05) is 0 Å². The Morgan fingerprint density at radius 1 is 0.462 bits per heavy atom. The van der Waals surface area contributed by atoms with Crippen LogP contribution in [-0.4, -0.2) is 8.52 Å². The van der Waals surface area contributed by atoms with Crippen molar-refractivity contribution < 1.29 is 47.8 Å². The van der Waals surface area contributed by atoms with Gasteiger partial charge in [-0.15, -0.1) is 50.5 Å². The van der Waals surface area contributed by atoms with Crippen molar-refractivity contribution >= 4 is 33.3 Å². The Kier molecular flexibility index (Phi) is 46.4. The van der Waals surface area contributed by atoms with Gasteiger partial charge in [0.1, 0.15) is 0 Å². The van der Waals surface area contributed by atoms with Gasteiger partial charge >= 0.3 is 56.3 Å². The Bertz CT molecular complexity index is 366. The second kappa shape index (κ2) is 36.0. The van der Waals surface area contributed by atoms with Crippen LogP contribution in [0.1, 0.15) is 25.7 Å². The Balaban J connectivity index is -0.000000114. The van der Waals surface area contributed by atoms with E-state index in [1.54, 1.807) is 0 Å². The molecule has 0 bridgehead atoms. The molecule has 0 nitrogen and oxygen atoms in total. The van der Waals surface area contributed by atoms with Gasteiger partial charge in [-0.25, -0.2) is 48.6 Å². The molecule has 4 aliphatic carbocycles. The molecule has 0 aromatic rings. The van der Waals surface area contributed by atoms with E-state index in [2.05, 4.69) is 57.1 Å². The van der Waals surface area contributed by atoms with Crippen LogP contribution in [0.15, 0.2) is 72.9 Å². The van der Waals surface area contributed by atoms with Crippen LogP contribution >= 0.6 is 24.8 Å². The first-order valence-corrected chi connectivity index (χ1v) is 12.7. The molecular weight excluding hydrogens is 692 g/mol. The SMILES string of the molecule is Cl.Cl.[C-]1=CC=CC1.[C-]1=CC=CC1.[C-]1=CC=CC1.[C-]1=CC=CC1.[CH2]=[Hf+2].[CH2]=[Hf+2]. The molecule has 0 spiro atoms. The van der Waals surface area contributed by atoms with Gasteiger partial charge < -0.3 is 0 Å². The van der Waals surface area contributed by atoms with E-state index >= 15 is 0 Å². The van der Waals surface area contributed by atoms with Crippen LogP contribution in [0.2, 0.25) is 0 Å². The summed E-state index contributed by atoms with van der Waals surface area (Å²) in [6, 6.07) is 0. The number of hydrogen-bond donors (Lipinski definition) is 0. The molecule has 0 aromatic heterocycles. The van der Waals surface area contributed by atoms with E-state index in [9.17, 15) is 0 Å². The molecule has 0 atom stereocenters. The second-order valence-electron chi connectivity index (χ2n) is 4.01. The number of rotatable bonds is 0. The first-order chi connectivity index (χ1) is 12.0. The predicted octanol–water partition coefficient (Wildman–Crippen LogP) is 6.00. The Morgan fingerprint density at radius 3 is 0.692 bits per heavy atom. The zero-order valence-electron chi connectivity index (χ0n) is 15.0. The maximum absolute atomic E-state index is 3.39. The zero-order valence-corrected chi connectivity index (χ0v) is 23.8. The van der Waals surface area contributed by atoms with Crippen molar-refractivity contribution in [3.63, 3.8) is 0 Å². The van der Waals surface area contributed by atoms with Crippen LogP contribution in [-0.2, 0) is 47.8 Å². The molecular formula is C22H26Cl2Hf2. The molecule has 4 heteroatoms. The minimum absolute atomic E-state index is 0. The average Bonchev–Trinajstić information content (AvgIpc) is 3.48. The summed E-state index contributed by atoms with van der Waals surface area (Å²) in [4.78, 5) is 0. The van der Waals surface area contributed by atoms with E-state index in [1.807, 2.05) is 48.6 Å². The standard InChI is InChI=1S/4C5H5.2CH2.2ClH.2Hf/c4*1-2-4-5-3-1;;;;;;/h4*1-3H,4H2;2*1H2;2*1H;;/q4*-1;;;;;2*+2. The maximum atomic E-state index is 3.39. The van der Waals surface area contributed by atoms with E-state index in [0.717, 1.165) is 73.5 Å². The molecule has 4 rings (SSSR count). The van der Waals surface area contributed by atoms with Gasteiger partial charge in [0, 0.05) is 0 Å². The van der Waals surface area contributed by atoms with Gasteiger partial charge in [-0.2, -0.15) is 24.3 Å². The van der Waals surface area contributed by atoms with Crippen molar-refractivity contribution in [1.82, 2.24) is 0 Å². The minimum atomic E-state index is 0. The summed E-state index contributed by atoms with van der Waals surface area (Å²) in [5.74, 6) is 0. The molecule has 26 heavy (non-hydrogen) atoms. The van der Waals surface area contributed by atoms with Gasteiger partial charge in [0.15, 0.2) is 0 Å². The topological polar surface area (TPSA) is 0 Å². The van der Waals surface area contributed by atoms with Gasteiger partial charge in [-0.05, 0) is 0 Å². The normalized spacial score (nSPS) is 14.0. The van der Waals surface area contributed by atoms with Crippen LogP contribution in [0.3, 0.4) is 0 Å². The number of allylic oxidation sites excluding steroid dienone is 16. The van der Waals surface area contributed by atoms with E-state index in [0.29, 0.717) is 0 Å². The van der Waals surface area contributed by atoms with E-state index in [-0.39, 0.29) is 24.8 Å². The Labute approximate surface area is 202 Å². The van der Waals surface area contributed by atoms with E-state index in [4.69, 9.17) is 0 Å². The molecule has 0 saturated carbocycles. The first-order valence-electron chi connectivity index (χ1n) is 7.58. The molecule has 0 saturated heterocycles. The fourth-order valence-electron chi connectivity index (χ4n) is 1.36. The van der Waals surface area contributed by atoms with Crippen molar-refractivity contribution in [2.45, 2.75) is 25.7 Å². The fraction of sp³-hybridized carbons (Fsp3) is 0.182. The van der Waals surface area contributed by atoms with Crippen LogP contribution in [0.5, 0.6) is 0 Å². The number of hydrogen-bond acceptors (Lipinski definition) is 0. The summed E-state index contributed by atoms with van der Waals surface area (Å²) in [6.45, 7) is 0. The van der Waals surface area contributed by atoms with Crippen LogP contribution < -0.4 is 0 Å². The molecule has 0 unspecified atom stereocenters. The third kappa shape index (κ3) is 31.7. The van der Waals surface area contributed by atoms with Crippen LogP contribution in [0.25, 0.3) is 0 Å². The molecule has 0 N–H and O–H groups in total. The third-order valence-corrected chi connectivity index (χ3v) is 2.34. The fourth-order valence-corrected chi connectivity index (χ4v) is 1.36. The quantitative estimate of drug-likeness (QED) is 0.213. The summed E-state index contributed by atoms with van der Waals surface area (Å²) < 4.78 is 6.78. The predicted molar refractivity (Wildman–Crippen MR) is 115 cm³/mol. The van der Waals surface area contributed by atoms with Gasteiger partial charge in [-0.3, -0.25) is 24.3 Å². The average molecular weight is 718 g/mol. The van der Waals surface area contributed by atoms with Crippen LogP contribution in [0.4, 0.5) is 0 Å². The molecule has 4 aliphatic rings. The van der Waals surface area contributed by atoms with Gasteiger partial charge in [0.2, 0.25) is 0 Å². The second-order valence-corrected chi connectivity index (χ2v) is 4.01. The van der Waals surface area contributed by atoms with E-state index in [1.165, 1.54) is 0 Å². The zero-order chi connectivity index (χ0) is 18.1. The van der Waals surface area contributed by atoms with Crippen molar-refractivity contribution in [3.05, 3.63) is 97.2 Å². The van der Waals surface area contributed by atoms with E-state index < -0.39 is 0 Å². The van der Waals surface area contributed by atoms with Gasteiger partial charge in [0.05, 0.1) is 0 Å². The van der Waals surface area contributed by atoms with Crippen molar-refractivity contribution in [2.24, 2.45) is 0 Å². The summed E-state index contributed by atoms with van der Waals surface area (Å²) in [6.07, 6.45) is 40.0. The number of halogens is 2. The molecule has 0 radical (unpaired) electrons. The van der Waals surface area contributed by atoms with Crippen LogP contribution in [0, 0.1) is 24.3 Å². The summed E-state index contributed by atoms with van der Waals surface area (Å²) >= 11 is 2.11. The molecule has 0 aromatic carbocycles. The molecule has 0 amide bonds. The molecule has 0 aliphatic heterocycles. The monoisotopic (exact) mass is 720 g/mol. The molecule has 0 heterocycles. The van der Waals surface area contributed by atoms with Gasteiger partial charge in [0.25, 0.3) is 0 Å². The summed E-state index contributed by atoms with van der Waals surface area (Å²) in [7, 11) is 0. The summed E-state index contributed by atoms with van der Waals surface area (Å²) in [5, 5.41) is 0. The molecule has 136 valence electrons. The summed E-state index contributed by atoms with van der Waals surface area (Å²) in [5.41, 5.74) is 0. The van der Waals surface area contributed by atoms with Crippen molar-refractivity contribution in [2.75, 3.05) is 0 Å². The Morgan fingerprint density at radius 2 is 0.654 bits per heavy atom.